The van der Waals surface area contributed by atoms with Crippen LogP contribution >= 0.6 is 23.2 Å². The second-order valence-corrected chi connectivity index (χ2v) is 5.36. The molecule has 0 aliphatic rings. The summed E-state index contributed by atoms with van der Waals surface area (Å²) in [6, 6.07) is 10.5. The minimum Gasteiger partial charge on any atom is -0.205 e. The topological polar surface area (TPSA) is 0 Å². The van der Waals surface area contributed by atoms with Gasteiger partial charge in [0.15, 0.2) is 0 Å². The fourth-order valence-corrected chi connectivity index (χ4v) is 2.30. The summed E-state index contributed by atoms with van der Waals surface area (Å²) in [6.45, 7) is 4.22. The molecule has 0 aliphatic heterocycles. The fraction of sp³-hybridized carbons (Fsp3) is 0.200. The smallest absolute Gasteiger partial charge is 0.141 e. The van der Waals surface area contributed by atoms with Crippen molar-refractivity contribution < 1.29 is 4.39 Å². The predicted molar refractivity (Wildman–Crippen MR) is 75.9 cm³/mol. The number of hydrogen-bond acceptors (Lipinski definition) is 0. The van der Waals surface area contributed by atoms with Crippen LogP contribution in [0.25, 0.3) is 11.1 Å². The summed E-state index contributed by atoms with van der Waals surface area (Å²) in [4.78, 5) is 0. The standard InChI is InChI=1S/C15H13Cl2F/c1-9(2)12-5-4-11(16)8-13(12)10-3-6-15(18)14(17)7-10/h3-9H,1-2H3. The third kappa shape index (κ3) is 2.68. The Morgan fingerprint density at radius 3 is 2.33 bits per heavy atom. The van der Waals surface area contributed by atoms with Crippen LogP contribution in [-0.2, 0) is 0 Å². The molecule has 2 aromatic rings. The average Bonchev–Trinajstić information content (AvgIpc) is 2.32. The summed E-state index contributed by atoms with van der Waals surface area (Å²) in [5.74, 6) is -0.0466. The van der Waals surface area contributed by atoms with Gasteiger partial charge in [0.1, 0.15) is 5.82 Å². The molecule has 2 rings (SSSR count). The molecule has 0 nitrogen and oxygen atoms in total. The second kappa shape index (κ2) is 5.29. The van der Waals surface area contributed by atoms with Crippen molar-refractivity contribution in [1.29, 1.82) is 0 Å². The molecule has 0 bridgehead atoms. The zero-order valence-corrected chi connectivity index (χ0v) is 11.7. The molecule has 0 unspecified atom stereocenters. The number of hydrogen-bond donors (Lipinski definition) is 0. The Morgan fingerprint density at radius 1 is 1.00 bits per heavy atom. The molecule has 18 heavy (non-hydrogen) atoms. The van der Waals surface area contributed by atoms with Gasteiger partial charge in [-0.1, -0.05) is 49.2 Å². The van der Waals surface area contributed by atoms with Crippen LogP contribution in [0, 0.1) is 5.82 Å². The number of rotatable bonds is 2. The van der Waals surface area contributed by atoms with E-state index in [1.54, 1.807) is 12.1 Å². The molecule has 2 aromatic carbocycles. The molecule has 0 aromatic heterocycles. The van der Waals surface area contributed by atoms with E-state index in [1.807, 2.05) is 18.2 Å². The molecule has 3 heteroatoms. The van der Waals surface area contributed by atoms with E-state index in [0.717, 1.165) is 11.1 Å². The van der Waals surface area contributed by atoms with Crippen molar-refractivity contribution in [3.05, 3.63) is 57.8 Å². The summed E-state index contributed by atoms with van der Waals surface area (Å²) in [5.41, 5.74) is 3.05. The lowest BCUT2D eigenvalue weighted by molar-refractivity contribution is 0.628. The highest BCUT2D eigenvalue weighted by molar-refractivity contribution is 6.31. The molecule has 0 aliphatic carbocycles. The van der Waals surface area contributed by atoms with Crippen molar-refractivity contribution in [2.75, 3.05) is 0 Å². The fourth-order valence-electron chi connectivity index (χ4n) is 1.95. The molecule has 0 atom stereocenters. The molecule has 0 radical (unpaired) electrons. The molecular formula is C15H13Cl2F. The summed E-state index contributed by atoms with van der Waals surface area (Å²) in [6.07, 6.45) is 0. The first kappa shape index (κ1) is 13.4. The maximum absolute atomic E-state index is 13.2. The minimum absolute atomic E-state index is 0.127. The van der Waals surface area contributed by atoms with Crippen molar-refractivity contribution in [2.45, 2.75) is 19.8 Å². The van der Waals surface area contributed by atoms with Crippen LogP contribution < -0.4 is 0 Å². The van der Waals surface area contributed by atoms with Crippen molar-refractivity contribution >= 4 is 23.2 Å². The monoisotopic (exact) mass is 282 g/mol. The van der Waals surface area contributed by atoms with Gasteiger partial charge in [-0.25, -0.2) is 4.39 Å². The summed E-state index contributed by atoms with van der Waals surface area (Å²) >= 11 is 11.9. The van der Waals surface area contributed by atoms with Crippen LogP contribution in [0.15, 0.2) is 36.4 Å². The van der Waals surface area contributed by atoms with E-state index in [-0.39, 0.29) is 5.02 Å². The molecule has 0 amide bonds. The van der Waals surface area contributed by atoms with Gasteiger partial charge in [0.25, 0.3) is 0 Å². The molecule has 0 saturated carbocycles. The first-order chi connectivity index (χ1) is 8.49. The lowest BCUT2D eigenvalue weighted by atomic mass is 9.93. The van der Waals surface area contributed by atoms with Gasteiger partial charge in [-0.15, -0.1) is 0 Å². The van der Waals surface area contributed by atoms with Crippen LogP contribution in [0.2, 0.25) is 10.0 Å². The Bertz CT molecular complexity index is 577. The summed E-state index contributed by atoms with van der Waals surface area (Å²) in [5, 5.41) is 0.789. The highest BCUT2D eigenvalue weighted by atomic mass is 35.5. The molecule has 94 valence electrons. The third-order valence-electron chi connectivity index (χ3n) is 2.87. The minimum atomic E-state index is -0.409. The van der Waals surface area contributed by atoms with Gasteiger partial charge in [0.2, 0.25) is 0 Å². The van der Waals surface area contributed by atoms with E-state index < -0.39 is 5.82 Å². The van der Waals surface area contributed by atoms with Crippen LogP contribution in [0.5, 0.6) is 0 Å². The third-order valence-corrected chi connectivity index (χ3v) is 3.39. The van der Waals surface area contributed by atoms with E-state index in [1.165, 1.54) is 11.6 Å². The molecule has 0 heterocycles. The Balaban J connectivity index is 2.61. The van der Waals surface area contributed by atoms with Crippen molar-refractivity contribution in [1.82, 2.24) is 0 Å². The Labute approximate surface area is 116 Å². The van der Waals surface area contributed by atoms with Crippen LogP contribution in [0.1, 0.15) is 25.3 Å². The van der Waals surface area contributed by atoms with Crippen LogP contribution in [-0.4, -0.2) is 0 Å². The van der Waals surface area contributed by atoms with Gasteiger partial charge in [-0.3, -0.25) is 0 Å². The maximum atomic E-state index is 13.2. The van der Waals surface area contributed by atoms with E-state index >= 15 is 0 Å². The summed E-state index contributed by atoms with van der Waals surface area (Å²) < 4.78 is 13.2. The Hall–Kier alpha value is -1.05. The quantitative estimate of drug-likeness (QED) is 0.641. The molecule has 0 saturated heterocycles. The zero-order valence-electron chi connectivity index (χ0n) is 10.2. The highest BCUT2D eigenvalue weighted by Gasteiger charge is 2.11. The van der Waals surface area contributed by atoms with Crippen molar-refractivity contribution in [2.24, 2.45) is 0 Å². The number of benzene rings is 2. The normalized spacial score (nSPS) is 11.0. The largest absolute Gasteiger partial charge is 0.205 e. The van der Waals surface area contributed by atoms with E-state index in [4.69, 9.17) is 23.2 Å². The van der Waals surface area contributed by atoms with Crippen LogP contribution in [0.3, 0.4) is 0 Å². The van der Waals surface area contributed by atoms with Crippen LogP contribution in [0.4, 0.5) is 4.39 Å². The Kier molecular flexibility index (Phi) is 3.94. The van der Waals surface area contributed by atoms with Crippen molar-refractivity contribution in [3.8, 4) is 11.1 Å². The second-order valence-electron chi connectivity index (χ2n) is 4.52. The molecule has 0 spiro atoms. The average molecular weight is 283 g/mol. The van der Waals surface area contributed by atoms with Gasteiger partial charge in [0, 0.05) is 5.02 Å². The van der Waals surface area contributed by atoms with E-state index in [0.29, 0.717) is 10.9 Å². The van der Waals surface area contributed by atoms with E-state index in [9.17, 15) is 4.39 Å². The molecule has 0 fully saturated rings. The molecule has 0 N–H and O–H groups in total. The van der Waals surface area contributed by atoms with E-state index in [2.05, 4.69) is 13.8 Å². The predicted octanol–water partition coefficient (Wildman–Crippen LogP) is 5.92. The van der Waals surface area contributed by atoms with Crippen molar-refractivity contribution in [3.63, 3.8) is 0 Å². The van der Waals surface area contributed by atoms with Gasteiger partial charge in [0.05, 0.1) is 5.02 Å². The SMILES string of the molecule is CC(C)c1ccc(Cl)cc1-c1ccc(F)c(Cl)c1. The Morgan fingerprint density at radius 2 is 1.72 bits per heavy atom. The van der Waals surface area contributed by atoms with Gasteiger partial charge >= 0.3 is 0 Å². The molecular weight excluding hydrogens is 270 g/mol. The van der Waals surface area contributed by atoms with Gasteiger partial charge in [-0.05, 0) is 46.9 Å². The first-order valence-corrected chi connectivity index (χ1v) is 6.49. The maximum Gasteiger partial charge on any atom is 0.141 e. The summed E-state index contributed by atoms with van der Waals surface area (Å²) in [7, 11) is 0. The van der Waals surface area contributed by atoms with Gasteiger partial charge in [-0.2, -0.15) is 0 Å². The highest BCUT2D eigenvalue weighted by Crippen LogP contribution is 2.33. The zero-order chi connectivity index (χ0) is 13.3. The van der Waals surface area contributed by atoms with Gasteiger partial charge < -0.3 is 0 Å². The first-order valence-electron chi connectivity index (χ1n) is 5.74. The number of halogens is 3. The lowest BCUT2D eigenvalue weighted by Crippen LogP contribution is -1.93. The lowest BCUT2D eigenvalue weighted by Gasteiger charge is -2.14.